The van der Waals surface area contributed by atoms with Crippen molar-refractivity contribution in [2.75, 3.05) is 46.0 Å². The fourth-order valence-corrected chi connectivity index (χ4v) is 1.57. The van der Waals surface area contributed by atoms with Crippen molar-refractivity contribution >= 4 is 12.6 Å². The molecule has 0 rings (SSSR count). The van der Waals surface area contributed by atoms with Crippen molar-refractivity contribution < 1.29 is 0 Å². The summed E-state index contributed by atoms with van der Waals surface area (Å²) in [4.78, 5) is 4.79. The summed E-state index contributed by atoms with van der Waals surface area (Å²) in [5.74, 6) is 1.69. The predicted molar refractivity (Wildman–Crippen MR) is 68.3 cm³/mol. The Balaban J connectivity index is 3.76. The number of rotatable bonds is 8. The highest BCUT2D eigenvalue weighted by Crippen LogP contribution is 2.02. The van der Waals surface area contributed by atoms with Gasteiger partial charge in [-0.05, 0) is 38.7 Å². The molecule has 0 aliphatic rings. The van der Waals surface area contributed by atoms with E-state index in [4.69, 9.17) is 0 Å². The second kappa shape index (κ2) is 8.57. The second-order valence-corrected chi connectivity index (χ2v) is 4.76. The highest BCUT2D eigenvalue weighted by molar-refractivity contribution is 7.80. The Morgan fingerprint density at radius 1 is 1.14 bits per heavy atom. The maximum Gasteiger partial charge on any atom is 0.0109 e. The Morgan fingerprint density at radius 3 is 2.21 bits per heavy atom. The minimum atomic E-state index is 0.701. The summed E-state index contributed by atoms with van der Waals surface area (Å²) in [7, 11) is 4.26. The van der Waals surface area contributed by atoms with Gasteiger partial charge in [0.25, 0.3) is 0 Å². The van der Waals surface area contributed by atoms with Crippen LogP contribution in [-0.2, 0) is 0 Å². The van der Waals surface area contributed by atoms with Crippen LogP contribution >= 0.6 is 12.6 Å². The summed E-state index contributed by atoms with van der Waals surface area (Å²) < 4.78 is 0. The van der Waals surface area contributed by atoms with Gasteiger partial charge in [0.15, 0.2) is 0 Å². The summed E-state index contributed by atoms with van der Waals surface area (Å²) in [6, 6.07) is 0. The van der Waals surface area contributed by atoms with Crippen molar-refractivity contribution in [1.29, 1.82) is 0 Å². The smallest absolute Gasteiger partial charge is 0.0109 e. The van der Waals surface area contributed by atoms with E-state index >= 15 is 0 Å². The van der Waals surface area contributed by atoms with E-state index in [1.54, 1.807) is 0 Å². The van der Waals surface area contributed by atoms with Gasteiger partial charge in [0, 0.05) is 19.6 Å². The van der Waals surface area contributed by atoms with E-state index in [1.807, 2.05) is 0 Å². The molecule has 0 fully saturated rings. The Labute approximate surface area is 95.1 Å². The zero-order chi connectivity index (χ0) is 11.0. The molecule has 1 atom stereocenters. The van der Waals surface area contributed by atoms with Gasteiger partial charge < -0.3 is 9.80 Å². The maximum atomic E-state index is 4.33. The maximum absolute atomic E-state index is 4.33. The van der Waals surface area contributed by atoms with Gasteiger partial charge in [-0.3, -0.25) is 0 Å². The average molecular weight is 218 g/mol. The molecule has 0 radical (unpaired) electrons. The molecule has 3 heteroatoms. The van der Waals surface area contributed by atoms with Crippen LogP contribution in [0.25, 0.3) is 0 Å². The fourth-order valence-electron chi connectivity index (χ4n) is 1.45. The lowest BCUT2D eigenvalue weighted by atomic mass is 10.2. The lowest BCUT2D eigenvalue weighted by Crippen LogP contribution is -2.35. The standard InChI is InChI=1S/C11H26N2S/c1-5-6-13(8-7-12(3)4)9-11(2)10-14/h11,14H,5-10H2,1-4H3. The average Bonchev–Trinajstić information content (AvgIpc) is 2.14. The first-order valence-electron chi connectivity index (χ1n) is 5.58. The van der Waals surface area contributed by atoms with Crippen LogP contribution in [0.15, 0.2) is 0 Å². The van der Waals surface area contributed by atoms with Crippen LogP contribution in [-0.4, -0.2) is 55.8 Å². The molecule has 0 spiro atoms. The molecule has 0 aromatic rings. The van der Waals surface area contributed by atoms with Gasteiger partial charge in [-0.25, -0.2) is 0 Å². The largest absolute Gasteiger partial charge is 0.308 e. The number of likely N-dealkylation sites (N-methyl/N-ethyl adjacent to an activating group) is 1. The minimum Gasteiger partial charge on any atom is -0.308 e. The zero-order valence-corrected chi connectivity index (χ0v) is 11.1. The molecule has 1 unspecified atom stereocenters. The van der Waals surface area contributed by atoms with E-state index in [-0.39, 0.29) is 0 Å². The molecule has 86 valence electrons. The first-order chi connectivity index (χ1) is 6.60. The Hall–Kier alpha value is 0.270. The molecule has 0 N–H and O–H groups in total. The summed E-state index contributed by atoms with van der Waals surface area (Å²) in [5.41, 5.74) is 0. The van der Waals surface area contributed by atoms with Gasteiger partial charge in [0.1, 0.15) is 0 Å². The molecule has 14 heavy (non-hydrogen) atoms. The molecule has 0 aromatic carbocycles. The van der Waals surface area contributed by atoms with Crippen molar-refractivity contribution in [2.24, 2.45) is 5.92 Å². The van der Waals surface area contributed by atoms with Crippen molar-refractivity contribution in [1.82, 2.24) is 9.80 Å². The van der Waals surface area contributed by atoms with E-state index in [0.29, 0.717) is 5.92 Å². The number of thiol groups is 1. The normalized spacial score (nSPS) is 13.9. The van der Waals surface area contributed by atoms with Crippen molar-refractivity contribution in [3.8, 4) is 0 Å². The van der Waals surface area contributed by atoms with Crippen LogP contribution < -0.4 is 0 Å². The monoisotopic (exact) mass is 218 g/mol. The van der Waals surface area contributed by atoms with Gasteiger partial charge in [0.2, 0.25) is 0 Å². The molecule has 0 aliphatic carbocycles. The molecule has 0 amide bonds. The lowest BCUT2D eigenvalue weighted by molar-refractivity contribution is 0.220. The van der Waals surface area contributed by atoms with Crippen molar-refractivity contribution in [3.05, 3.63) is 0 Å². The summed E-state index contributed by atoms with van der Waals surface area (Å²) in [6.45, 7) is 9.24. The van der Waals surface area contributed by atoms with Gasteiger partial charge in [-0.2, -0.15) is 12.6 Å². The van der Waals surface area contributed by atoms with Gasteiger partial charge in [-0.15, -0.1) is 0 Å². The lowest BCUT2D eigenvalue weighted by Gasteiger charge is -2.25. The predicted octanol–water partition coefficient (Wildman–Crippen LogP) is 1.83. The summed E-state index contributed by atoms with van der Waals surface area (Å²) in [6.07, 6.45) is 1.24. The molecule has 0 saturated heterocycles. The highest BCUT2D eigenvalue weighted by atomic mass is 32.1. The summed E-state index contributed by atoms with van der Waals surface area (Å²) in [5, 5.41) is 0. The van der Waals surface area contributed by atoms with Gasteiger partial charge >= 0.3 is 0 Å². The van der Waals surface area contributed by atoms with E-state index in [1.165, 1.54) is 26.1 Å². The van der Waals surface area contributed by atoms with Crippen LogP contribution in [0, 0.1) is 5.92 Å². The molecule has 0 heterocycles. The van der Waals surface area contributed by atoms with Crippen LogP contribution in [0.2, 0.25) is 0 Å². The Kier molecular flexibility index (Phi) is 8.73. The second-order valence-electron chi connectivity index (χ2n) is 4.39. The van der Waals surface area contributed by atoms with E-state index in [2.05, 4.69) is 50.4 Å². The van der Waals surface area contributed by atoms with Crippen molar-refractivity contribution in [3.63, 3.8) is 0 Å². The molecular formula is C11H26N2S. The first-order valence-corrected chi connectivity index (χ1v) is 6.21. The van der Waals surface area contributed by atoms with Crippen molar-refractivity contribution in [2.45, 2.75) is 20.3 Å². The summed E-state index contributed by atoms with van der Waals surface area (Å²) >= 11 is 4.33. The first kappa shape index (κ1) is 14.3. The fraction of sp³-hybridized carbons (Fsp3) is 1.00. The Bertz CT molecular complexity index is 128. The molecule has 0 aromatic heterocycles. The molecule has 0 aliphatic heterocycles. The minimum absolute atomic E-state index is 0.701. The molecule has 0 bridgehead atoms. The van der Waals surface area contributed by atoms with Crippen LogP contribution in [0.4, 0.5) is 0 Å². The van der Waals surface area contributed by atoms with Crippen LogP contribution in [0.1, 0.15) is 20.3 Å². The van der Waals surface area contributed by atoms with Crippen LogP contribution in [0.5, 0.6) is 0 Å². The molecule has 2 nitrogen and oxygen atoms in total. The van der Waals surface area contributed by atoms with Crippen LogP contribution in [0.3, 0.4) is 0 Å². The van der Waals surface area contributed by atoms with Gasteiger partial charge in [0.05, 0.1) is 0 Å². The SMILES string of the molecule is CCCN(CCN(C)C)CC(C)CS. The third-order valence-electron chi connectivity index (χ3n) is 2.28. The topological polar surface area (TPSA) is 6.48 Å². The highest BCUT2D eigenvalue weighted by Gasteiger charge is 2.08. The molecular weight excluding hydrogens is 192 g/mol. The van der Waals surface area contributed by atoms with E-state index < -0.39 is 0 Å². The number of hydrogen-bond donors (Lipinski definition) is 1. The Morgan fingerprint density at radius 2 is 1.79 bits per heavy atom. The quantitative estimate of drug-likeness (QED) is 0.621. The molecule has 0 saturated carbocycles. The van der Waals surface area contributed by atoms with Gasteiger partial charge in [-0.1, -0.05) is 13.8 Å². The van der Waals surface area contributed by atoms with E-state index in [0.717, 1.165) is 12.3 Å². The number of nitrogens with zero attached hydrogens (tertiary/aromatic N) is 2. The zero-order valence-electron chi connectivity index (χ0n) is 10.2. The third kappa shape index (κ3) is 7.65. The van der Waals surface area contributed by atoms with E-state index in [9.17, 15) is 0 Å². The number of hydrogen-bond acceptors (Lipinski definition) is 3. The third-order valence-corrected chi connectivity index (χ3v) is 2.91.